The molecule has 1 atom stereocenters. The van der Waals surface area contributed by atoms with Gasteiger partial charge in [-0.15, -0.1) is 0 Å². The zero-order chi connectivity index (χ0) is 17.3. The van der Waals surface area contributed by atoms with Crippen molar-refractivity contribution in [3.63, 3.8) is 0 Å². The molecular weight excluding hydrogens is 318 g/mol. The minimum Gasteiger partial charge on any atom is -0.494 e. The summed E-state index contributed by atoms with van der Waals surface area (Å²) in [5.74, 6) is -1.85. The van der Waals surface area contributed by atoms with Gasteiger partial charge < -0.3 is 19.6 Å². The molecular formula is C14H15N5O5. The summed E-state index contributed by atoms with van der Waals surface area (Å²) in [5, 5.41) is 10.9. The summed E-state index contributed by atoms with van der Waals surface area (Å²) in [4.78, 5) is 34.3. The number of hydrazine groups is 1. The lowest BCUT2D eigenvalue weighted by Gasteiger charge is -2.17. The minimum atomic E-state index is -1.54. The largest absolute Gasteiger partial charge is 0.494 e. The number of ketones is 1. The maximum absolute atomic E-state index is 11.9. The lowest BCUT2D eigenvalue weighted by atomic mass is 10.1. The molecule has 0 saturated heterocycles. The molecule has 10 heteroatoms. The third-order valence-electron chi connectivity index (χ3n) is 3.52. The topological polar surface area (TPSA) is 129 Å². The first-order valence-corrected chi connectivity index (χ1v) is 6.96. The highest BCUT2D eigenvalue weighted by Gasteiger charge is 2.26. The number of ether oxygens (including phenoxy) is 2. The molecule has 0 radical (unpaired) electrons. The van der Waals surface area contributed by atoms with Crippen LogP contribution in [0.2, 0.25) is 0 Å². The third kappa shape index (κ3) is 2.57. The average Bonchev–Trinajstić information content (AvgIpc) is 3.20. The van der Waals surface area contributed by atoms with Crippen LogP contribution < -0.4 is 15.2 Å². The van der Waals surface area contributed by atoms with E-state index in [1.807, 2.05) is 0 Å². The summed E-state index contributed by atoms with van der Waals surface area (Å²) in [6.45, 7) is 0.375. The molecule has 10 nitrogen and oxygen atoms in total. The van der Waals surface area contributed by atoms with Crippen LogP contribution >= 0.6 is 0 Å². The minimum absolute atomic E-state index is 0.00239. The number of anilines is 1. The second kappa shape index (κ2) is 6.26. The van der Waals surface area contributed by atoms with Crippen molar-refractivity contribution in [1.29, 1.82) is 0 Å². The van der Waals surface area contributed by atoms with E-state index < -0.39 is 11.8 Å². The molecule has 3 heterocycles. The first kappa shape index (κ1) is 15.9. The summed E-state index contributed by atoms with van der Waals surface area (Å²) in [7, 11) is 2.99. The lowest BCUT2D eigenvalue weighted by Crippen LogP contribution is -2.39. The fraction of sp³-hybridized carbons (Fsp3) is 0.286. The van der Waals surface area contributed by atoms with E-state index in [0.717, 1.165) is 0 Å². The molecule has 2 aromatic rings. The van der Waals surface area contributed by atoms with Crippen LogP contribution in [0, 0.1) is 0 Å². The predicted molar refractivity (Wildman–Crippen MR) is 84.4 cm³/mol. The molecule has 0 saturated carbocycles. The summed E-state index contributed by atoms with van der Waals surface area (Å²) in [5.41, 5.74) is 3.52. The number of carbonyl (C=O) groups is 2. The molecule has 2 aromatic heterocycles. The fourth-order valence-corrected chi connectivity index (χ4v) is 2.46. The van der Waals surface area contributed by atoms with Gasteiger partial charge in [0.15, 0.2) is 5.82 Å². The monoisotopic (exact) mass is 333 g/mol. The Kier molecular flexibility index (Phi) is 4.15. The third-order valence-corrected chi connectivity index (χ3v) is 3.52. The Balaban J connectivity index is 2.07. The van der Waals surface area contributed by atoms with Gasteiger partial charge in [-0.25, -0.2) is 20.2 Å². The van der Waals surface area contributed by atoms with E-state index >= 15 is 0 Å². The van der Waals surface area contributed by atoms with Crippen LogP contribution in [0.15, 0.2) is 17.4 Å². The van der Waals surface area contributed by atoms with Gasteiger partial charge in [-0.1, -0.05) is 0 Å². The second-order valence-corrected chi connectivity index (χ2v) is 4.97. The van der Waals surface area contributed by atoms with Gasteiger partial charge >= 0.3 is 5.97 Å². The number of H-pyrrole nitrogens is 1. The van der Waals surface area contributed by atoms with Gasteiger partial charge in [0.25, 0.3) is 5.78 Å². The summed E-state index contributed by atoms with van der Waals surface area (Å²) in [6, 6.07) is 0. The van der Waals surface area contributed by atoms with Gasteiger partial charge in [0, 0.05) is 13.3 Å². The first-order chi connectivity index (χ1) is 11.6. The maximum Gasteiger partial charge on any atom is 0.377 e. The zero-order valence-corrected chi connectivity index (χ0v) is 12.9. The number of aromatic amines is 1. The highest BCUT2D eigenvalue weighted by Crippen LogP contribution is 2.33. The van der Waals surface area contributed by atoms with Crippen molar-refractivity contribution in [3.8, 4) is 5.75 Å². The summed E-state index contributed by atoms with van der Waals surface area (Å²) >= 11 is 0. The molecule has 0 fully saturated rings. The average molecular weight is 333 g/mol. The van der Waals surface area contributed by atoms with Crippen molar-refractivity contribution in [2.24, 2.45) is 4.99 Å². The molecule has 0 spiro atoms. The molecule has 3 rings (SSSR count). The Labute approximate surface area is 136 Å². The number of Topliss-reactive ketones (excluding diaryl/α,β-unsaturated/α-hetero) is 1. The Hall–Kier alpha value is -2.98. The van der Waals surface area contributed by atoms with Crippen molar-refractivity contribution < 1.29 is 24.2 Å². The SMILES string of the molecule is COCC1N=CN(c2ncc(OC)c3c(C(=O)C(=O)O)c[nH]c23)N1. The number of hydrogen-bond acceptors (Lipinski definition) is 8. The first-order valence-electron chi connectivity index (χ1n) is 6.96. The highest BCUT2D eigenvalue weighted by atomic mass is 16.5. The van der Waals surface area contributed by atoms with Crippen LogP contribution in [0.5, 0.6) is 5.75 Å². The van der Waals surface area contributed by atoms with Crippen molar-refractivity contribution >= 4 is 34.8 Å². The number of nitrogens with zero attached hydrogens (tertiary/aromatic N) is 3. The Morgan fingerprint density at radius 3 is 2.88 bits per heavy atom. The number of methoxy groups -OCH3 is 2. The smallest absolute Gasteiger partial charge is 0.377 e. The van der Waals surface area contributed by atoms with Crippen molar-refractivity contribution in [2.45, 2.75) is 6.17 Å². The maximum atomic E-state index is 11.9. The number of pyridine rings is 1. The molecule has 3 N–H and O–H groups in total. The summed E-state index contributed by atoms with van der Waals surface area (Å²) in [6.07, 6.45) is 4.03. The highest BCUT2D eigenvalue weighted by molar-refractivity contribution is 6.42. The number of nitrogens with one attached hydrogen (secondary N) is 2. The molecule has 1 aliphatic rings. The number of aliphatic carboxylic acids is 1. The number of aliphatic imine (C=N–C) groups is 1. The normalized spacial score (nSPS) is 16.8. The molecule has 1 unspecified atom stereocenters. The van der Waals surface area contributed by atoms with Crippen LogP contribution in [-0.2, 0) is 9.53 Å². The van der Waals surface area contributed by atoms with Crippen LogP contribution in [0.3, 0.4) is 0 Å². The summed E-state index contributed by atoms with van der Waals surface area (Å²) < 4.78 is 10.2. The molecule has 0 amide bonds. The number of rotatable bonds is 6. The van der Waals surface area contributed by atoms with Gasteiger partial charge in [-0.3, -0.25) is 9.79 Å². The second-order valence-electron chi connectivity index (χ2n) is 4.97. The predicted octanol–water partition coefficient (Wildman–Crippen LogP) is 0.164. The van der Waals surface area contributed by atoms with Crippen LogP contribution in [0.25, 0.3) is 10.9 Å². The molecule has 0 aromatic carbocycles. The fourth-order valence-electron chi connectivity index (χ4n) is 2.46. The Bertz CT molecular complexity index is 830. The van der Waals surface area contributed by atoms with E-state index in [2.05, 4.69) is 20.4 Å². The lowest BCUT2D eigenvalue weighted by molar-refractivity contribution is -0.131. The molecule has 24 heavy (non-hydrogen) atoms. The number of fused-ring (bicyclic) bond motifs is 1. The zero-order valence-electron chi connectivity index (χ0n) is 12.9. The molecule has 126 valence electrons. The number of carboxylic acids is 1. The van der Waals surface area contributed by atoms with Crippen LogP contribution in [-0.4, -0.2) is 60.2 Å². The van der Waals surface area contributed by atoms with Crippen LogP contribution in [0.4, 0.5) is 5.82 Å². The molecule has 0 bridgehead atoms. The van der Waals surface area contributed by atoms with E-state index in [1.165, 1.54) is 25.8 Å². The van der Waals surface area contributed by atoms with E-state index in [-0.39, 0.29) is 11.7 Å². The van der Waals surface area contributed by atoms with Crippen LogP contribution in [0.1, 0.15) is 10.4 Å². The van der Waals surface area contributed by atoms with E-state index in [1.54, 1.807) is 12.1 Å². The van der Waals surface area contributed by atoms with Crippen molar-refractivity contribution in [2.75, 3.05) is 25.8 Å². The van der Waals surface area contributed by atoms with Gasteiger partial charge in [0.2, 0.25) is 0 Å². The number of carbonyl (C=O) groups excluding carboxylic acids is 1. The number of carboxylic acid groups (broad SMARTS) is 1. The van der Waals surface area contributed by atoms with Gasteiger partial charge in [0.05, 0.1) is 36.4 Å². The Morgan fingerprint density at radius 1 is 1.42 bits per heavy atom. The van der Waals surface area contributed by atoms with Gasteiger partial charge in [-0.2, -0.15) is 0 Å². The van der Waals surface area contributed by atoms with Gasteiger partial charge in [0.1, 0.15) is 18.3 Å². The molecule has 1 aliphatic heterocycles. The number of hydrogen-bond donors (Lipinski definition) is 3. The van der Waals surface area contributed by atoms with Crippen molar-refractivity contribution in [3.05, 3.63) is 18.0 Å². The number of aromatic nitrogens is 2. The standard InChI is InChI=1S/C14H15N5O5/c1-23-5-9-17-6-19(18-9)13-11-10(8(24-2)4-16-13)7(3-15-11)12(20)14(21)22/h3-4,6,9,15,18H,5H2,1-2H3,(H,21,22). The van der Waals surface area contributed by atoms with Crippen molar-refractivity contribution in [1.82, 2.24) is 15.4 Å². The van der Waals surface area contributed by atoms with E-state index in [9.17, 15) is 9.59 Å². The molecule has 0 aliphatic carbocycles. The van der Waals surface area contributed by atoms with E-state index in [0.29, 0.717) is 29.1 Å². The Morgan fingerprint density at radius 2 is 2.21 bits per heavy atom. The van der Waals surface area contributed by atoms with Gasteiger partial charge in [-0.05, 0) is 0 Å². The quantitative estimate of drug-likeness (QED) is 0.504. The van der Waals surface area contributed by atoms with E-state index in [4.69, 9.17) is 14.6 Å².